The fourth-order valence-electron chi connectivity index (χ4n) is 4.62. The smallest absolute Gasteiger partial charge is 0.338 e. The van der Waals surface area contributed by atoms with E-state index in [1.54, 1.807) is 37.1 Å². The van der Waals surface area contributed by atoms with Crippen LogP contribution in [-0.4, -0.2) is 85.6 Å². The zero-order chi connectivity index (χ0) is 24.9. The molecule has 9 nitrogen and oxygen atoms in total. The zero-order valence-electron chi connectivity index (χ0n) is 20.5. The molecule has 1 N–H and O–H groups in total. The van der Waals surface area contributed by atoms with E-state index in [-0.39, 0.29) is 31.0 Å². The van der Waals surface area contributed by atoms with Gasteiger partial charge in [0.25, 0.3) is 0 Å². The second kappa shape index (κ2) is 10.9. The van der Waals surface area contributed by atoms with Gasteiger partial charge in [0.2, 0.25) is 5.91 Å². The number of methoxy groups -OCH3 is 1. The Balaban J connectivity index is 1.65. The summed E-state index contributed by atoms with van der Waals surface area (Å²) in [6, 6.07) is 6.34. The molecule has 188 valence electrons. The van der Waals surface area contributed by atoms with Crippen LogP contribution in [0.2, 0.25) is 0 Å². The van der Waals surface area contributed by atoms with E-state index in [4.69, 9.17) is 9.47 Å². The molecule has 1 aromatic carbocycles. The number of hydrogen-bond donors (Lipinski definition) is 1. The summed E-state index contributed by atoms with van der Waals surface area (Å²) in [6.07, 6.45) is 3.63. The Morgan fingerprint density at radius 1 is 1.14 bits per heavy atom. The third-order valence-electron chi connectivity index (χ3n) is 6.68. The van der Waals surface area contributed by atoms with Gasteiger partial charge in [0, 0.05) is 50.9 Å². The number of amides is 3. The topological polar surface area (TPSA) is 91.4 Å². The van der Waals surface area contributed by atoms with Crippen LogP contribution in [0.3, 0.4) is 0 Å². The van der Waals surface area contributed by atoms with Crippen LogP contribution in [0.4, 0.5) is 4.79 Å². The minimum absolute atomic E-state index is 0.204. The van der Waals surface area contributed by atoms with Gasteiger partial charge < -0.3 is 19.7 Å². The van der Waals surface area contributed by atoms with Crippen molar-refractivity contribution in [3.8, 4) is 5.75 Å². The van der Waals surface area contributed by atoms with Crippen LogP contribution in [0.15, 0.2) is 48.2 Å². The molecule has 0 bridgehead atoms. The van der Waals surface area contributed by atoms with Gasteiger partial charge >= 0.3 is 12.0 Å². The second-order valence-corrected chi connectivity index (χ2v) is 9.01. The van der Waals surface area contributed by atoms with Crippen LogP contribution in [-0.2, 0) is 14.3 Å². The van der Waals surface area contributed by atoms with Gasteiger partial charge in [0.05, 0.1) is 25.3 Å². The number of ether oxygens (including phenoxy) is 2. The molecule has 4 rings (SSSR count). The van der Waals surface area contributed by atoms with E-state index in [9.17, 15) is 14.4 Å². The van der Waals surface area contributed by atoms with Crippen molar-refractivity contribution in [1.29, 1.82) is 0 Å². The van der Waals surface area contributed by atoms with Gasteiger partial charge in [0.1, 0.15) is 5.75 Å². The molecule has 1 unspecified atom stereocenters. The number of piperazine rings is 1. The molecule has 3 amide bonds. The van der Waals surface area contributed by atoms with Crippen molar-refractivity contribution >= 4 is 17.9 Å². The molecule has 1 atom stereocenters. The molecule has 1 saturated carbocycles. The lowest BCUT2D eigenvalue weighted by atomic mass is 9.94. The highest BCUT2D eigenvalue weighted by Gasteiger charge is 2.39. The Hall–Kier alpha value is -3.33. The molecule has 2 heterocycles. The van der Waals surface area contributed by atoms with Crippen LogP contribution < -0.4 is 10.1 Å². The maximum Gasteiger partial charge on any atom is 0.338 e. The maximum atomic E-state index is 13.3. The molecule has 2 aliphatic heterocycles. The van der Waals surface area contributed by atoms with Crippen LogP contribution in [0.1, 0.15) is 31.4 Å². The highest BCUT2D eigenvalue weighted by Crippen LogP contribution is 2.34. The normalized spacial score (nSPS) is 21.0. The first-order valence-electron chi connectivity index (χ1n) is 12.2. The minimum Gasteiger partial charge on any atom is -0.497 e. The van der Waals surface area contributed by atoms with Crippen molar-refractivity contribution in [2.75, 3.05) is 53.0 Å². The number of rotatable bonds is 9. The predicted octanol–water partition coefficient (Wildman–Crippen LogP) is 2.32. The molecule has 1 aliphatic carbocycles. The lowest BCUT2D eigenvalue weighted by Crippen LogP contribution is -2.54. The molecule has 35 heavy (non-hydrogen) atoms. The molecule has 9 heteroatoms. The number of nitrogens with one attached hydrogen (secondary N) is 1. The highest BCUT2D eigenvalue weighted by atomic mass is 16.5. The van der Waals surface area contributed by atoms with Crippen LogP contribution in [0.5, 0.6) is 5.75 Å². The number of nitrogens with zero attached hydrogens (tertiary/aromatic N) is 3. The van der Waals surface area contributed by atoms with Crippen molar-refractivity contribution < 1.29 is 23.9 Å². The second-order valence-electron chi connectivity index (χ2n) is 9.01. The standard InChI is InChI=1S/C26H34N4O5/c1-4-12-30-21(17-28-13-15-29(16-14-28)24(31)19-6-7-19)22(25(32)35-5-2)23(27-26(30)33)18-8-10-20(34-3)11-9-18/h4,8-11,19,23H,1,5-7,12-17H2,2-3H3,(H,27,33). The Kier molecular flexibility index (Phi) is 7.75. The first-order valence-corrected chi connectivity index (χ1v) is 12.2. The van der Waals surface area contributed by atoms with E-state index in [0.29, 0.717) is 49.7 Å². The quantitative estimate of drug-likeness (QED) is 0.429. The number of carbonyl (C=O) groups excluding carboxylic acids is 3. The molecule has 0 radical (unpaired) electrons. The third-order valence-corrected chi connectivity index (χ3v) is 6.68. The van der Waals surface area contributed by atoms with Crippen LogP contribution in [0, 0.1) is 5.92 Å². The lowest BCUT2D eigenvalue weighted by Gasteiger charge is -2.40. The molecular formula is C26H34N4O5. The summed E-state index contributed by atoms with van der Waals surface area (Å²) in [4.78, 5) is 44.6. The van der Waals surface area contributed by atoms with E-state index >= 15 is 0 Å². The summed E-state index contributed by atoms with van der Waals surface area (Å²) in [6.45, 7) is 9.08. The number of esters is 1. The van der Waals surface area contributed by atoms with Crippen molar-refractivity contribution in [3.63, 3.8) is 0 Å². The Morgan fingerprint density at radius 2 is 1.83 bits per heavy atom. The van der Waals surface area contributed by atoms with Gasteiger partial charge in [-0.1, -0.05) is 18.2 Å². The average Bonchev–Trinajstić information content (AvgIpc) is 3.72. The van der Waals surface area contributed by atoms with Gasteiger partial charge in [-0.15, -0.1) is 6.58 Å². The van der Waals surface area contributed by atoms with Crippen molar-refractivity contribution in [2.24, 2.45) is 5.92 Å². The lowest BCUT2D eigenvalue weighted by molar-refractivity contribution is -0.139. The van der Waals surface area contributed by atoms with Crippen LogP contribution in [0.25, 0.3) is 0 Å². The van der Waals surface area contributed by atoms with E-state index < -0.39 is 12.0 Å². The average molecular weight is 483 g/mol. The first-order chi connectivity index (χ1) is 17.0. The van der Waals surface area contributed by atoms with Gasteiger partial charge in [-0.05, 0) is 37.5 Å². The van der Waals surface area contributed by atoms with E-state index in [0.717, 1.165) is 18.4 Å². The molecule has 2 fully saturated rings. The fraction of sp³-hybridized carbons (Fsp3) is 0.500. The van der Waals surface area contributed by atoms with Crippen molar-refractivity contribution in [3.05, 3.63) is 53.8 Å². The van der Waals surface area contributed by atoms with Gasteiger partial charge in [-0.25, -0.2) is 9.59 Å². The van der Waals surface area contributed by atoms with Crippen LogP contribution >= 0.6 is 0 Å². The summed E-state index contributed by atoms with van der Waals surface area (Å²) >= 11 is 0. The molecule has 3 aliphatic rings. The monoisotopic (exact) mass is 482 g/mol. The summed E-state index contributed by atoms with van der Waals surface area (Å²) in [7, 11) is 1.59. The Labute approximate surface area is 206 Å². The van der Waals surface area contributed by atoms with E-state index in [2.05, 4.69) is 16.8 Å². The van der Waals surface area contributed by atoms with Gasteiger partial charge in [-0.3, -0.25) is 14.6 Å². The minimum atomic E-state index is -0.652. The Morgan fingerprint density at radius 3 is 2.40 bits per heavy atom. The SMILES string of the molecule is C=CCN1C(=O)NC(c2ccc(OC)cc2)C(C(=O)OCC)=C1CN1CCN(C(=O)C2CC2)CC1. The summed E-state index contributed by atoms with van der Waals surface area (Å²) < 4.78 is 10.7. The maximum absolute atomic E-state index is 13.3. The fourth-order valence-corrected chi connectivity index (χ4v) is 4.62. The molecule has 1 aromatic rings. The van der Waals surface area contributed by atoms with Gasteiger partial charge in [-0.2, -0.15) is 0 Å². The highest BCUT2D eigenvalue weighted by molar-refractivity contribution is 5.95. The zero-order valence-corrected chi connectivity index (χ0v) is 20.5. The predicted molar refractivity (Wildman–Crippen MR) is 131 cm³/mol. The number of hydrogen-bond acceptors (Lipinski definition) is 6. The number of urea groups is 1. The molecule has 0 aromatic heterocycles. The summed E-state index contributed by atoms with van der Waals surface area (Å²) in [5.74, 6) is 0.681. The number of benzene rings is 1. The molecule has 1 saturated heterocycles. The van der Waals surface area contributed by atoms with Crippen molar-refractivity contribution in [2.45, 2.75) is 25.8 Å². The third kappa shape index (κ3) is 5.51. The first kappa shape index (κ1) is 24.8. The summed E-state index contributed by atoms with van der Waals surface area (Å²) in [5, 5.41) is 2.97. The largest absolute Gasteiger partial charge is 0.497 e. The summed E-state index contributed by atoms with van der Waals surface area (Å²) in [5.41, 5.74) is 1.78. The molecular weight excluding hydrogens is 448 g/mol. The Bertz CT molecular complexity index is 993. The molecule has 0 spiro atoms. The van der Waals surface area contributed by atoms with E-state index in [1.807, 2.05) is 17.0 Å². The van der Waals surface area contributed by atoms with E-state index in [1.165, 1.54) is 0 Å². The number of carbonyl (C=O) groups is 3. The van der Waals surface area contributed by atoms with Crippen molar-refractivity contribution in [1.82, 2.24) is 20.0 Å². The van der Waals surface area contributed by atoms with Gasteiger partial charge in [0.15, 0.2) is 0 Å².